The maximum absolute atomic E-state index is 13.5. The second-order valence-corrected chi connectivity index (χ2v) is 11.1. The van der Waals surface area contributed by atoms with Crippen LogP contribution in [0.15, 0.2) is 41.2 Å². The van der Waals surface area contributed by atoms with Crippen molar-refractivity contribution in [2.24, 2.45) is 11.8 Å². The number of nitro benzene ring substituents is 1. The van der Waals surface area contributed by atoms with Crippen LogP contribution < -0.4 is 0 Å². The van der Waals surface area contributed by atoms with Crippen LogP contribution in [0.4, 0.5) is 5.69 Å². The van der Waals surface area contributed by atoms with Crippen molar-refractivity contribution in [1.82, 2.24) is 14.3 Å². The Balaban J connectivity index is 1.55. The zero-order valence-electron chi connectivity index (χ0n) is 20.9. The van der Waals surface area contributed by atoms with Crippen LogP contribution in [-0.2, 0) is 20.9 Å². The van der Waals surface area contributed by atoms with Gasteiger partial charge >= 0.3 is 5.97 Å². The van der Waals surface area contributed by atoms with Crippen molar-refractivity contribution >= 4 is 56.8 Å². The fourth-order valence-electron chi connectivity index (χ4n) is 5.18. The highest BCUT2D eigenvalue weighted by Crippen LogP contribution is 2.52. The minimum Gasteiger partial charge on any atom is -0.456 e. The van der Waals surface area contributed by atoms with E-state index in [9.17, 15) is 29.6 Å². The monoisotopic (exact) mass is 556 g/mol. The van der Waals surface area contributed by atoms with Crippen LogP contribution in [-0.4, -0.2) is 60.4 Å². The number of esters is 1. The molecule has 1 aromatic carbocycles. The molecule has 3 aromatic rings. The number of imidazole rings is 1. The fraction of sp³-hybridized carbons (Fsp3) is 0.360. The number of non-ortho nitro benzene ring substituents is 1. The number of amides is 1. The largest absolute Gasteiger partial charge is 0.456 e. The highest BCUT2D eigenvalue weighted by molar-refractivity contribution is 7.98. The summed E-state index contributed by atoms with van der Waals surface area (Å²) in [6.07, 6.45) is 2.73. The van der Waals surface area contributed by atoms with Crippen LogP contribution in [0.25, 0.3) is 10.4 Å². The van der Waals surface area contributed by atoms with Crippen molar-refractivity contribution in [2.45, 2.75) is 44.5 Å². The molecule has 0 unspecified atom stereocenters. The Kier molecular flexibility index (Phi) is 6.61. The third kappa shape index (κ3) is 4.01. The van der Waals surface area contributed by atoms with Crippen LogP contribution in [0.1, 0.15) is 41.8 Å². The predicted octanol–water partition coefficient (Wildman–Crippen LogP) is 3.54. The number of ether oxygens (including phenoxy) is 1. The molecule has 0 saturated carbocycles. The van der Waals surface area contributed by atoms with Crippen LogP contribution in [0, 0.1) is 22.0 Å². The lowest BCUT2D eigenvalue weighted by molar-refractivity contribution is -0.384. The van der Waals surface area contributed by atoms with Crippen molar-refractivity contribution < 1.29 is 29.2 Å². The number of thioether (sulfide) groups is 1. The van der Waals surface area contributed by atoms with E-state index in [0.717, 1.165) is 4.83 Å². The van der Waals surface area contributed by atoms with Crippen LogP contribution in [0.5, 0.6) is 0 Å². The maximum Gasteiger partial charge on any atom is 0.355 e. The molecule has 11 nitrogen and oxygen atoms in total. The Morgan fingerprint density at radius 1 is 1.32 bits per heavy atom. The summed E-state index contributed by atoms with van der Waals surface area (Å²) in [4.78, 5) is 56.4. The molecule has 0 radical (unpaired) electrons. The van der Waals surface area contributed by atoms with Gasteiger partial charge in [-0.25, -0.2) is 9.78 Å². The zero-order chi connectivity index (χ0) is 27.5. The first-order valence-corrected chi connectivity index (χ1v) is 13.8. The molecule has 2 aromatic heterocycles. The number of hydrogen-bond donors (Lipinski definition) is 1. The number of fused-ring (bicyclic) bond motifs is 2. The molecule has 4 atom stereocenters. The van der Waals surface area contributed by atoms with E-state index in [2.05, 4.69) is 4.98 Å². The number of aromatic nitrogens is 2. The lowest BCUT2D eigenvalue weighted by Gasteiger charge is -2.46. The van der Waals surface area contributed by atoms with Gasteiger partial charge in [0.2, 0.25) is 5.91 Å². The Hall–Kier alpha value is -3.55. The van der Waals surface area contributed by atoms with Crippen molar-refractivity contribution in [3.63, 3.8) is 0 Å². The lowest BCUT2D eigenvalue weighted by atomic mass is 9.77. The number of benzene rings is 1. The molecule has 1 N–H and O–H groups in total. The number of rotatable bonds is 8. The molecule has 2 aliphatic heterocycles. The highest BCUT2D eigenvalue weighted by Gasteiger charge is 2.60. The van der Waals surface area contributed by atoms with Crippen molar-refractivity contribution in [3.05, 3.63) is 62.5 Å². The molecule has 2 aliphatic rings. The fourth-order valence-corrected chi connectivity index (χ4v) is 7.13. The number of ketones is 1. The molecule has 5 rings (SSSR count). The third-order valence-electron chi connectivity index (χ3n) is 6.95. The van der Waals surface area contributed by atoms with Gasteiger partial charge in [-0.2, -0.15) is 0 Å². The molecular formula is C25H24N4O7S2. The van der Waals surface area contributed by atoms with Gasteiger partial charge in [0.05, 0.1) is 27.9 Å². The molecule has 0 bridgehead atoms. The Morgan fingerprint density at radius 3 is 2.58 bits per heavy atom. The van der Waals surface area contributed by atoms with E-state index in [0.29, 0.717) is 21.0 Å². The average Bonchev–Trinajstić information content (AvgIpc) is 3.50. The van der Waals surface area contributed by atoms with Gasteiger partial charge in [-0.3, -0.25) is 24.1 Å². The van der Waals surface area contributed by atoms with Gasteiger partial charge in [0.1, 0.15) is 22.2 Å². The second-order valence-electron chi connectivity index (χ2n) is 9.29. The summed E-state index contributed by atoms with van der Waals surface area (Å²) in [5.74, 6) is -1.92. The van der Waals surface area contributed by atoms with Gasteiger partial charge in [0, 0.05) is 36.7 Å². The second kappa shape index (κ2) is 9.64. The van der Waals surface area contributed by atoms with Crippen molar-refractivity contribution in [1.29, 1.82) is 0 Å². The summed E-state index contributed by atoms with van der Waals surface area (Å²) in [5, 5.41) is 21.9. The molecule has 0 spiro atoms. The van der Waals surface area contributed by atoms with Crippen LogP contribution in [0.2, 0.25) is 0 Å². The number of aliphatic hydroxyl groups excluding tert-OH is 1. The molecular weight excluding hydrogens is 532 g/mol. The summed E-state index contributed by atoms with van der Waals surface area (Å²) >= 11 is 2.77. The number of Topliss-reactive ketones (excluding diaryl/α,β-unsaturated/α-hetero) is 1. The number of nitrogens with zero attached hydrogens (tertiary/aromatic N) is 4. The molecule has 1 saturated heterocycles. The molecule has 1 fully saturated rings. The molecule has 13 heteroatoms. The smallest absolute Gasteiger partial charge is 0.355 e. The highest BCUT2D eigenvalue weighted by atomic mass is 32.2. The SMILES string of the molecule is CSc1nc(C(C)=O)n2cc(C3=C(C(=O)OCc4ccc([N+](=O)[O-])cc4)N4C(=O)[C@H]([C@@H](C)O)[C@H]4[C@H]3C)sc12. The maximum atomic E-state index is 13.5. The van der Waals surface area contributed by atoms with E-state index in [1.165, 1.54) is 59.2 Å². The number of hydrogen-bond acceptors (Lipinski definition) is 10. The zero-order valence-corrected chi connectivity index (χ0v) is 22.5. The van der Waals surface area contributed by atoms with E-state index in [4.69, 9.17) is 4.74 Å². The normalized spacial score (nSPS) is 21.4. The van der Waals surface area contributed by atoms with Gasteiger partial charge in [-0.05, 0) is 30.9 Å². The van der Waals surface area contributed by atoms with Gasteiger partial charge in [0.25, 0.3) is 5.69 Å². The summed E-state index contributed by atoms with van der Waals surface area (Å²) in [7, 11) is 0. The Bertz CT molecular complexity index is 1520. The van der Waals surface area contributed by atoms with E-state index in [1.54, 1.807) is 17.5 Å². The number of carbonyl (C=O) groups excluding carboxylic acids is 3. The Morgan fingerprint density at radius 2 is 2.00 bits per heavy atom. The molecule has 1 amide bonds. The van der Waals surface area contributed by atoms with Gasteiger partial charge in [-0.1, -0.05) is 6.92 Å². The minimum absolute atomic E-state index is 0.0778. The van der Waals surface area contributed by atoms with Crippen LogP contribution >= 0.6 is 23.1 Å². The summed E-state index contributed by atoms with van der Waals surface area (Å²) in [5.41, 5.74) is 1.19. The van der Waals surface area contributed by atoms with Gasteiger partial charge in [-0.15, -0.1) is 23.1 Å². The summed E-state index contributed by atoms with van der Waals surface area (Å²) in [6.45, 7) is 4.75. The minimum atomic E-state index is -0.890. The first-order chi connectivity index (χ1) is 18.0. The topological polar surface area (TPSA) is 144 Å². The number of nitro groups is 1. The van der Waals surface area contributed by atoms with Crippen LogP contribution in [0.3, 0.4) is 0 Å². The molecule has 0 aliphatic carbocycles. The van der Waals surface area contributed by atoms with E-state index in [-0.39, 0.29) is 41.4 Å². The third-order valence-corrected chi connectivity index (χ3v) is 8.88. The first-order valence-electron chi connectivity index (χ1n) is 11.8. The Labute approximate surface area is 225 Å². The van der Waals surface area contributed by atoms with E-state index in [1.807, 2.05) is 13.2 Å². The number of carbonyl (C=O) groups is 3. The molecule has 38 heavy (non-hydrogen) atoms. The first kappa shape index (κ1) is 26.1. The number of β-lactam (4-membered cyclic amide) rings is 1. The van der Waals surface area contributed by atoms with Crippen molar-refractivity contribution in [2.75, 3.05) is 6.26 Å². The lowest BCUT2D eigenvalue weighted by Crippen LogP contribution is -2.63. The average molecular weight is 557 g/mol. The number of thiazole rings is 1. The quantitative estimate of drug-likeness (QED) is 0.110. The number of aliphatic hydroxyl groups is 1. The van der Waals surface area contributed by atoms with Crippen molar-refractivity contribution in [3.8, 4) is 0 Å². The van der Waals surface area contributed by atoms with Gasteiger partial charge < -0.3 is 14.7 Å². The van der Waals surface area contributed by atoms with E-state index < -0.39 is 29.0 Å². The van der Waals surface area contributed by atoms with Gasteiger partial charge in [0.15, 0.2) is 11.6 Å². The van der Waals surface area contributed by atoms with E-state index >= 15 is 0 Å². The predicted molar refractivity (Wildman–Crippen MR) is 140 cm³/mol. The summed E-state index contributed by atoms with van der Waals surface area (Å²) < 4.78 is 7.28. The molecule has 198 valence electrons. The molecule has 4 heterocycles. The summed E-state index contributed by atoms with van der Waals surface area (Å²) in [6, 6.07) is 5.24. The standard InChI is InChI=1S/C25H24N4O7S2/c1-11-17(16-9-27-21(13(3)31)26-22(37-4)24(27)38-16)20(28-19(11)18(12(2)30)23(28)32)25(33)36-10-14-5-7-15(8-6-14)29(34)35/h5-9,11-12,18-19,30H,10H2,1-4H3/t11-,12+,18+,19+/m0/s1.